The monoisotopic (exact) mass is 252 g/mol. The number of carboxylic acid groups (broad SMARTS) is 1. The highest BCUT2D eigenvalue weighted by atomic mass is 16.5. The summed E-state index contributed by atoms with van der Waals surface area (Å²) in [6.07, 6.45) is 2.92. The Balaban J connectivity index is 1.97. The number of hydrogen-bond acceptors (Lipinski definition) is 4. The lowest BCUT2D eigenvalue weighted by Gasteiger charge is -2.17. The SMILES string of the molecule is CC1(C)CCC(NC(=O)c2cc(C(=O)O)on2)C1. The van der Waals surface area contributed by atoms with Crippen molar-refractivity contribution < 1.29 is 19.2 Å². The molecule has 1 unspecified atom stereocenters. The van der Waals surface area contributed by atoms with Gasteiger partial charge in [-0.1, -0.05) is 19.0 Å². The Morgan fingerprint density at radius 2 is 2.28 bits per heavy atom. The average Bonchev–Trinajstić information content (AvgIpc) is 2.85. The molecule has 1 aromatic rings. The van der Waals surface area contributed by atoms with E-state index in [9.17, 15) is 9.59 Å². The molecule has 0 radical (unpaired) electrons. The van der Waals surface area contributed by atoms with Crippen molar-refractivity contribution in [2.24, 2.45) is 5.41 Å². The molecular weight excluding hydrogens is 236 g/mol. The highest BCUT2D eigenvalue weighted by Crippen LogP contribution is 2.36. The van der Waals surface area contributed by atoms with Crippen LogP contribution in [0.1, 0.15) is 54.2 Å². The van der Waals surface area contributed by atoms with Crippen molar-refractivity contribution in [2.75, 3.05) is 0 Å². The number of carboxylic acids is 1. The van der Waals surface area contributed by atoms with Crippen LogP contribution in [0.15, 0.2) is 10.6 Å². The Kier molecular flexibility index (Phi) is 3.11. The molecule has 0 aromatic carbocycles. The van der Waals surface area contributed by atoms with Crippen LogP contribution in [0.3, 0.4) is 0 Å². The maximum Gasteiger partial charge on any atom is 0.374 e. The summed E-state index contributed by atoms with van der Waals surface area (Å²) in [6, 6.07) is 1.26. The van der Waals surface area contributed by atoms with Gasteiger partial charge in [0.1, 0.15) is 0 Å². The fourth-order valence-corrected chi connectivity index (χ4v) is 2.30. The molecule has 18 heavy (non-hydrogen) atoms. The van der Waals surface area contributed by atoms with Crippen LogP contribution in [-0.2, 0) is 0 Å². The van der Waals surface area contributed by atoms with Crippen molar-refractivity contribution in [3.05, 3.63) is 17.5 Å². The van der Waals surface area contributed by atoms with Crippen molar-refractivity contribution in [2.45, 2.75) is 39.2 Å². The lowest BCUT2D eigenvalue weighted by Crippen LogP contribution is -2.33. The zero-order chi connectivity index (χ0) is 13.3. The van der Waals surface area contributed by atoms with Crippen LogP contribution < -0.4 is 5.32 Å². The number of amides is 1. The smallest absolute Gasteiger partial charge is 0.374 e. The molecule has 1 aliphatic carbocycles. The first kappa shape index (κ1) is 12.6. The maximum absolute atomic E-state index is 11.8. The molecule has 1 aliphatic rings. The van der Waals surface area contributed by atoms with E-state index in [0.29, 0.717) is 0 Å². The van der Waals surface area contributed by atoms with Gasteiger partial charge >= 0.3 is 5.97 Å². The fourth-order valence-electron chi connectivity index (χ4n) is 2.30. The lowest BCUT2D eigenvalue weighted by atomic mass is 9.92. The molecule has 1 saturated carbocycles. The molecule has 1 fully saturated rings. The van der Waals surface area contributed by atoms with Crippen molar-refractivity contribution in [1.82, 2.24) is 10.5 Å². The van der Waals surface area contributed by atoms with Crippen molar-refractivity contribution >= 4 is 11.9 Å². The maximum atomic E-state index is 11.8. The van der Waals surface area contributed by atoms with Gasteiger partial charge < -0.3 is 14.9 Å². The zero-order valence-corrected chi connectivity index (χ0v) is 10.4. The second-order valence-electron chi connectivity index (χ2n) is 5.46. The third kappa shape index (κ3) is 2.69. The van der Waals surface area contributed by atoms with Crippen LogP contribution in [0.4, 0.5) is 0 Å². The van der Waals surface area contributed by atoms with E-state index in [1.807, 2.05) is 0 Å². The highest BCUT2D eigenvalue weighted by Gasteiger charge is 2.32. The van der Waals surface area contributed by atoms with Gasteiger partial charge in [0, 0.05) is 12.1 Å². The van der Waals surface area contributed by atoms with Gasteiger partial charge in [-0.15, -0.1) is 0 Å². The van der Waals surface area contributed by atoms with E-state index in [1.165, 1.54) is 0 Å². The Morgan fingerprint density at radius 1 is 1.56 bits per heavy atom. The molecule has 6 heteroatoms. The third-order valence-electron chi connectivity index (χ3n) is 3.26. The molecule has 0 bridgehead atoms. The number of nitrogens with one attached hydrogen (secondary N) is 1. The highest BCUT2D eigenvalue weighted by molar-refractivity contribution is 5.94. The van der Waals surface area contributed by atoms with Gasteiger partial charge in [0.05, 0.1) is 0 Å². The van der Waals surface area contributed by atoms with Gasteiger partial charge in [-0.2, -0.15) is 0 Å². The van der Waals surface area contributed by atoms with Crippen molar-refractivity contribution in [1.29, 1.82) is 0 Å². The summed E-state index contributed by atoms with van der Waals surface area (Å²) in [7, 11) is 0. The second kappa shape index (κ2) is 4.44. The molecule has 1 heterocycles. The number of rotatable bonds is 3. The summed E-state index contributed by atoms with van der Waals surface area (Å²) < 4.78 is 4.54. The molecule has 0 spiro atoms. The first-order chi connectivity index (χ1) is 8.37. The van der Waals surface area contributed by atoms with E-state index in [4.69, 9.17) is 5.11 Å². The Labute approximate surface area is 104 Å². The molecule has 2 N–H and O–H groups in total. The lowest BCUT2D eigenvalue weighted by molar-refractivity contribution is 0.0651. The molecular formula is C12H16N2O4. The standard InChI is InChI=1S/C12H16N2O4/c1-12(2)4-3-7(6-12)13-10(15)8-5-9(11(16)17)18-14-8/h5,7H,3-4,6H2,1-2H3,(H,13,15)(H,16,17). The van der Waals surface area contributed by atoms with Gasteiger partial charge in [-0.05, 0) is 24.7 Å². The average molecular weight is 252 g/mol. The predicted molar refractivity (Wildman–Crippen MR) is 62.3 cm³/mol. The quantitative estimate of drug-likeness (QED) is 0.853. The molecule has 1 aromatic heterocycles. The Hall–Kier alpha value is -1.85. The topological polar surface area (TPSA) is 92.4 Å². The summed E-state index contributed by atoms with van der Waals surface area (Å²) in [5, 5.41) is 15.0. The predicted octanol–water partition coefficient (Wildman–Crippen LogP) is 1.68. The minimum absolute atomic E-state index is 0.0112. The molecule has 6 nitrogen and oxygen atoms in total. The fraction of sp³-hybridized carbons (Fsp3) is 0.583. The molecule has 1 amide bonds. The number of carbonyl (C=O) groups is 2. The van der Waals surface area contributed by atoms with E-state index in [-0.39, 0.29) is 28.8 Å². The van der Waals surface area contributed by atoms with E-state index >= 15 is 0 Å². The number of hydrogen-bond donors (Lipinski definition) is 2. The molecule has 2 rings (SSSR count). The summed E-state index contributed by atoms with van der Waals surface area (Å²) in [4.78, 5) is 22.4. The molecule has 98 valence electrons. The van der Waals surface area contributed by atoms with Gasteiger partial charge in [-0.25, -0.2) is 4.79 Å². The van der Waals surface area contributed by atoms with Gasteiger partial charge in [0.2, 0.25) is 5.76 Å². The number of nitrogens with zero attached hydrogens (tertiary/aromatic N) is 1. The van der Waals surface area contributed by atoms with Gasteiger partial charge in [0.25, 0.3) is 5.91 Å². The Morgan fingerprint density at radius 3 is 2.78 bits per heavy atom. The van der Waals surface area contributed by atoms with E-state index in [1.54, 1.807) is 0 Å². The number of carbonyl (C=O) groups excluding carboxylic acids is 1. The third-order valence-corrected chi connectivity index (χ3v) is 3.26. The van der Waals surface area contributed by atoms with Crippen LogP contribution in [-0.4, -0.2) is 28.2 Å². The van der Waals surface area contributed by atoms with Gasteiger partial charge in [0.15, 0.2) is 5.69 Å². The van der Waals surface area contributed by atoms with Crippen molar-refractivity contribution in [3.63, 3.8) is 0 Å². The van der Waals surface area contributed by atoms with E-state index in [2.05, 4.69) is 28.8 Å². The molecule has 1 atom stereocenters. The summed E-state index contributed by atoms with van der Waals surface area (Å²) in [5.74, 6) is -1.94. The Bertz CT molecular complexity index is 478. The minimum atomic E-state index is -1.23. The van der Waals surface area contributed by atoms with Crippen molar-refractivity contribution in [3.8, 4) is 0 Å². The largest absolute Gasteiger partial charge is 0.475 e. The van der Waals surface area contributed by atoms with Crippen LogP contribution in [0, 0.1) is 5.41 Å². The molecule has 0 saturated heterocycles. The second-order valence-corrected chi connectivity index (χ2v) is 5.46. The molecule has 0 aliphatic heterocycles. The summed E-state index contributed by atoms with van der Waals surface area (Å²) in [6.45, 7) is 4.33. The van der Waals surface area contributed by atoms with Crippen LogP contribution in [0.25, 0.3) is 0 Å². The van der Waals surface area contributed by atoms with Crippen LogP contribution in [0.5, 0.6) is 0 Å². The van der Waals surface area contributed by atoms with Gasteiger partial charge in [-0.3, -0.25) is 4.79 Å². The normalized spacial score (nSPS) is 21.8. The first-order valence-electron chi connectivity index (χ1n) is 5.88. The first-order valence-corrected chi connectivity index (χ1v) is 5.88. The summed E-state index contributed by atoms with van der Waals surface area (Å²) in [5.41, 5.74) is 0.255. The minimum Gasteiger partial charge on any atom is -0.475 e. The van der Waals surface area contributed by atoms with E-state index in [0.717, 1.165) is 25.3 Å². The van der Waals surface area contributed by atoms with Crippen LogP contribution >= 0.6 is 0 Å². The summed E-state index contributed by atoms with van der Waals surface area (Å²) >= 11 is 0. The number of aromatic carboxylic acids is 1. The van der Waals surface area contributed by atoms with E-state index < -0.39 is 5.97 Å². The zero-order valence-electron chi connectivity index (χ0n) is 10.4. The number of aromatic nitrogens is 1. The van der Waals surface area contributed by atoms with Crippen LogP contribution in [0.2, 0.25) is 0 Å².